The fourth-order valence-corrected chi connectivity index (χ4v) is 3.95. The third-order valence-electron chi connectivity index (χ3n) is 5.27. The van der Waals surface area contributed by atoms with Crippen LogP contribution in [0.3, 0.4) is 0 Å². The average Bonchev–Trinajstić information content (AvgIpc) is 3.02. The number of benzene rings is 2. The van der Waals surface area contributed by atoms with Gasteiger partial charge in [0.2, 0.25) is 5.78 Å². The number of hydrogen-bond donors (Lipinski definition) is 0. The highest BCUT2D eigenvalue weighted by molar-refractivity contribution is 6.15. The van der Waals surface area contributed by atoms with E-state index < -0.39 is 5.97 Å². The standard InChI is InChI=1S/C24H22O6/c1-13(2)10-16-12-20(25)29-18-9-8-17-22(26)19(30-23(17)21(16)18)11-14-4-6-15(7-5-14)24(27)28-3/h4-9,11,13,16H,10,12H2,1-3H3/b19-11-/t16-/m1/s1. The Bertz CT molecular complexity index is 1060. The van der Waals surface area contributed by atoms with E-state index in [-0.39, 0.29) is 29.9 Å². The maximum absolute atomic E-state index is 12.9. The van der Waals surface area contributed by atoms with Crippen LogP contribution in [0, 0.1) is 5.92 Å². The number of fused-ring (bicyclic) bond motifs is 3. The van der Waals surface area contributed by atoms with Gasteiger partial charge in [0.1, 0.15) is 11.5 Å². The van der Waals surface area contributed by atoms with Crippen molar-refractivity contribution in [2.45, 2.75) is 32.6 Å². The molecule has 0 saturated carbocycles. The fraction of sp³-hybridized carbons (Fsp3) is 0.292. The molecule has 0 aliphatic carbocycles. The van der Waals surface area contributed by atoms with Gasteiger partial charge < -0.3 is 14.2 Å². The molecule has 2 aromatic carbocycles. The number of Topliss-reactive ketones (excluding diaryl/α,β-unsaturated/α-hetero) is 1. The van der Waals surface area contributed by atoms with Crippen molar-refractivity contribution in [2.75, 3.05) is 7.11 Å². The van der Waals surface area contributed by atoms with Gasteiger partial charge in [0.25, 0.3) is 0 Å². The summed E-state index contributed by atoms with van der Waals surface area (Å²) in [7, 11) is 1.32. The number of ether oxygens (including phenoxy) is 3. The van der Waals surface area contributed by atoms with E-state index in [1.807, 2.05) is 0 Å². The maximum Gasteiger partial charge on any atom is 0.337 e. The molecule has 0 bridgehead atoms. The van der Waals surface area contributed by atoms with Crippen molar-refractivity contribution < 1.29 is 28.6 Å². The zero-order chi connectivity index (χ0) is 21.4. The summed E-state index contributed by atoms with van der Waals surface area (Å²) in [4.78, 5) is 36.5. The Morgan fingerprint density at radius 2 is 1.87 bits per heavy atom. The topological polar surface area (TPSA) is 78.9 Å². The van der Waals surface area contributed by atoms with Crippen molar-refractivity contribution in [1.29, 1.82) is 0 Å². The predicted octanol–water partition coefficient (Wildman–Crippen LogP) is 4.53. The summed E-state index contributed by atoms with van der Waals surface area (Å²) in [6.45, 7) is 4.19. The quantitative estimate of drug-likeness (QED) is 0.422. The molecule has 0 N–H and O–H groups in total. The summed E-state index contributed by atoms with van der Waals surface area (Å²) >= 11 is 0. The molecule has 0 aromatic heterocycles. The first-order valence-corrected chi connectivity index (χ1v) is 9.87. The van der Waals surface area contributed by atoms with E-state index in [1.165, 1.54) is 7.11 Å². The van der Waals surface area contributed by atoms with Crippen LogP contribution in [0.4, 0.5) is 0 Å². The number of methoxy groups -OCH3 is 1. The van der Waals surface area contributed by atoms with Crippen molar-refractivity contribution in [1.82, 2.24) is 0 Å². The van der Waals surface area contributed by atoms with Gasteiger partial charge in [-0.05, 0) is 48.2 Å². The summed E-state index contributed by atoms with van der Waals surface area (Å²) in [5, 5.41) is 0. The minimum atomic E-state index is -0.424. The molecule has 4 rings (SSSR count). The normalized spacial score (nSPS) is 18.7. The lowest BCUT2D eigenvalue weighted by Crippen LogP contribution is -2.21. The highest BCUT2D eigenvalue weighted by Crippen LogP contribution is 2.48. The van der Waals surface area contributed by atoms with Crippen LogP contribution >= 0.6 is 0 Å². The largest absolute Gasteiger partial charge is 0.465 e. The molecule has 6 heteroatoms. The van der Waals surface area contributed by atoms with Crippen molar-refractivity contribution in [3.05, 3.63) is 64.4 Å². The van der Waals surface area contributed by atoms with Crippen LogP contribution in [0.2, 0.25) is 0 Å². The van der Waals surface area contributed by atoms with Gasteiger partial charge in [0, 0.05) is 11.5 Å². The van der Waals surface area contributed by atoms with E-state index in [9.17, 15) is 14.4 Å². The van der Waals surface area contributed by atoms with Crippen LogP contribution in [0.1, 0.15) is 64.4 Å². The molecule has 0 unspecified atom stereocenters. The van der Waals surface area contributed by atoms with Crippen molar-refractivity contribution in [2.24, 2.45) is 5.92 Å². The van der Waals surface area contributed by atoms with E-state index in [0.29, 0.717) is 28.5 Å². The molecule has 2 aliphatic heterocycles. The zero-order valence-electron chi connectivity index (χ0n) is 17.1. The van der Waals surface area contributed by atoms with Gasteiger partial charge in [0.15, 0.2) is 5.76 Å². The second-order valence-electron chi connectivity index (χ2n) is 7.91. The van der Waals surface area contributed by atoms with E-state index in [2.05, 4.69) is 13.8 Å². The smallest absolute Gasteiger partial charge is 0.337 e. The van der Waals surface area contributed by atoms with Gasteiger partial charge >= 0.3 is 11.9 Å². The Kier molecular flexibility index (Phi) is 5.16. The Balaban J connectivity index is 1.68. The molecule has 6 nitrogen and oxygen atoms in total. The third kappa shape index (κ3) is 3.61. The number of esters is 2. The van der Waals surface area contributed by atoms with Crippen LogP contribution in [-0.4, -0.2) is 24.8 Å². The van der Waals surface area contributed by atoms with Crippen molar-refractivity contribution in [3.63, 3.8) is 0 Å². The Morgan fingerprint density at radius 1 is 1.13 bits per heavy atom. The maximum atomic E-state index is 12.9. The average molecular weight is 406 g/mol. The van der Waals surface area contributed by atoms with Gasteiger partial charge in [-0.25, -0.2) is 4.79 Å². The molecular formula is C24H22O6. The Labute approximate surface area is 174 Å². The van der Waals surface area contributed by atoms with E-state index in [1.54, 1.807) is 42.5 Å². The summed E-state index contributed by atoms with van der Waals surface area (Å²) in [5.41, 5.74) is 2.41. The second kappa shape index (κ2) is 7.78. The summed E-state index contributed by atoms with van der Waals surface area (Å²) in [6, 6.07) is 10.0. The molecule has 2 heterocycles. The minimum absolute atomic E-state index is 0.0531. The second-order valence-corrected chi connectivity index (χ2v) is 7.91. The minimum Gasteiger partial charge on any atom is -0.465 e. The van der Waals surface area contributed by atoms with Crippen LogP contribution in [-0.2, 0) is 9.53 Å². The lowest BCUT2D eigenvalue weighted by atomic mass is 9.84. The molecule has 0 fully saturated rings. The number of hydrogen-bond acceptors (Lipinski definition) is 6. The van der Waals surface area contributed by atoms with Gasteiger partial charge in [0.05, 0.1) is 24.7 Å². The Hall–Kier alpha value is -3.41. The first-order chi connectivity index (χ1) is 14.4. The molecule has 154 valence electrons. The molecule has 0 spiro atoms. The number of allylic oxidation sites excluding steroid dienone is 1. The summed E-state index contributed by atoms with van der Waals surface area (Å²) < 4.78 is 16.1. The summed E-state index contributed by atoms with van der Waals surface area (Å²) in [6.07, 6.45) is 2.71. The number of carbonyl (C=O) groups is 3. The molecule has 0 amide bonds. The fourth-order valence-electron chi connectivity index (χ4n) is 3.95. The molecule has 0 saturated heterocycles. The monoisotopic (exact) mass is 406 g/mol. The van der Waals surface area contributed by atoms with E-state index in [0.717, 1.165) is 17.5 Å². The van der Waals surface area contributed by atoms with Gasteiger partial charge in [-0.1, -0.05) is 26.0 Å². The lowest BCUT2D eigenvalue weighted by molar-refractivity contribution is -0.136. The van der Waals surface area contributed by atoms with Crippen LogP contribution < -0.4 is 9.47 Å². The van der Waals surface area contributed by atoms with Crippen LogP contribution in [0.25, 0.3) is 6.08 Å². The SMILES string of the molecule is COC(=O)c1ccc(/C=C2\Oc3c(ccc4c3[C@H](CC(C)C)CC(=O)O4)C2=O)cc1. The number of rotatable bonds is 4. The predicted molar refractivity (Wildman–Crippen MR) is 110 cm³/mol. The molecule has 0 radical (unpaired) electrons. The molecule has 2 aromatic rings. The van der Waals surface area contributed by atoms with E-state index in [4.69, 9.17) is 14.2 Å². The number of carbonyl (C=O) groups excluding carboxylic acids is 3. The van der Waals surface area contributed by atoms with Gasteiger partial charge in [-0.15, -0.1) is 0 Å². The molecule has 1 atom stereocenters. The van der Waals surface area contributed by atoms with Gasteiger partial charge in [-0.3, -0.25) is 9.59 Å². The van der Waals surface area contributed by atoms with Crippen molar-refractivity contribution in [3.8, 4) is 11.5 Å². The van der Waals surface area contributed by atoms with Crippen LogP contribution in [0.15, 0.2) is 42.2 Å². The molecular weight excluding hydrogens is 384 g/mol. The lowest BCUT2D eigenvalue weighted by Gasteiger charge is -2.27. The Morgan fingerprint density at radius 3 is 2.53 bits per heavy atom. The first kappa shape index (κ1) is 19.9. The molecule has 2 aliphatic rings. The molecule has 30 heavy (non-hydrogen) atoms. The first-order valence-electron chi connectivity index (χ1n) is 9.87. The zero-order valence-corrected chi connectivity index (χ0v) is 17.1. The highest BCUT2D eigenvalue weighted by Gasteiger charge is 2.37. The van der Waals surface area contributed by atoms with Crippen molar-refractivity contribution >= 4 is 23.8 Å². The highest BCUT2D eigenvalue weighted by atomic mass is 16.5. The van der Waals surface area contributed by atoms with Crippen LogP contribution in [0.5, 0.6) is 11.5 Å². The number of ketones is 1. The summed E-state index contributed by atoms with van der Waals surface area (Å²) in [5.74, 6) is 0.563. The van der Waals surface area contributed by atoms with Gasteiger partial charge in [-0.2, -0.15) is 0 Å². The van der Waals surface area contributed by atoms with E-state index >= 15 is 0 Å². The third-order valence-corrected chi connectivity index (χ3v) is 5.27.